The second-order valence-corrected chi connectivity index (χ2v) is 8.27. The van der Waals surface area contributed by atoms with Crippen LogP contribution in [0.5, 0.6) is 0 Å². The Bertz CT molecular complexity index is 1200. The Morgan fingerprint density at radius 1 is 0.757 bits per heavy atom. The molecule has 3 aromatic rings. The number of alkyl carbamates (subject to hydrolysis) is 1. The molecule has 37 heavy (non-hydrogen) atoms. The van der Waals surface area contributed by atoms with Gasteiger partial charge in [-0.15, -0.1) is 0 Å². The molecule has 0 spiro atoms. The van der Waals surface area contributed by atoms with Crippen molar-refractivity contribution >= 4 is 17.9 Å². The normalized spacial score (nSPS) is 12.7. The number of benzene rings is 3. The number of nitrogens with two attached hydrogens (primary N) is 1. The van der Waals surface area contributed by atoms with E-state index in [2.05, 4.69) is 10.6 Å². The summed E-state index contributed by atoms with van der Waals surface area (Å²) in [4.78, 5) is 37.7. The summed E-state index contributed by atoms with van der Waals surface area (Å²) in [6, 6.07) is 19.7. The van der Waals surface area contributed by atoms with Gasteiger partial charge >= 0.3 is 12.3 Å². The topological polar surface area (TPSA) is 111 Å². The average molecular weight is 514 g/mol. The van der Waals surface area contributed by atoms with Crippen LogP contribution in [-0.4, -0.2) is 30.0 Å². The summed E-state index contributed by atoms with van der Waals surface area (Å²) in [6.45, 7) is -0.0372. The maximum Gasteiger partial charge on any atom is 0.416 e. The summed E-state index contributed by atoms with van der Waals surface area (Å²) in [7, 11) is 0. The van der Waals surface area contributed by atoms with Crippen LogP contribution in [0.1, 0.15) is 22.3 Å². The maximum atomic E-state index is 13.4. The Balaban J connectivity index is 1.75. The van der Waals surface area contributed by atoms with Gasteiger partial charge in [0.15, 0.2) is 0 Å². The minimum atomic E-state index is -4.65. The van der Waals surface area contributed by atoms with Gasteiger partial charge in [0, 0.05) is 12.8 Å². The van der Waals surface area contributed by atoms with Crippen LogP contribution in [0, 0.1) is 0 Å². The van der Waals surface area contributed by atoms with E-state index in [4.69, 9.17) is 10.5 Å². The molecule has 3 amide bonds. The molecule has 4 N–H and O–H groups in total. The molecule has 0 heterocycles. The molecule has 10 heteroatoms. The van der Waals surface area contributed by atoms with Crippen molar-refractivity contribution in [1.82, 2.24) is 10.6 Å². The van der Waals surface area contributed by atoms with Crippen LogP contribution in [0.2, 0.25) is 0 Å². The fraction of sp³-hybridized carbons (Fsp3) is 0.222. The van der Waals surface area contributed by atoms with E-state index in [0.717, 1.165) is 11.6 Å². The lowest BCUT2D eigenvalue weighted by Gasteiger charge is -2.23. The number of ether oxygens (including phenoxy) is 1. The smallest absolute Gasteiger partial charge is 0.416 e. The number of carbonyl (C=O) groups is 3. The summed E-state index contributed by atoms with van der Waals surface area (Å²) in [5.74, 6) is -1.82. The van der Waals surface area contributed by atoms with Gasteiger partial charge in [0.1, 0.15) is 18.7 Å². The highest BCUT2D eigenvalue weighted by atomic mass is 19.4. The molecule has 0 aliphatic rings. The van der Waals surface area contributed by atoms with Gasteiger partial charge in [-0.3, -0.25) is 9.59 Å². The quantitative estimate of drug-likeness (QED) is 0.384. The molecule has 3 aromatic carbocycles. The number of alkyl halides is 3. The van der Waals surface area contributed by atoms with Crippen molar-refractivity contribution in [1.29, 1.82) is 0 Å². The predicted octanol–water partition coefficient (Wildman–Crippen LogP) is 3.76. The molecule has 3 rings (SSSR count). The number of primary amides is 1. The fourth-order valence-corrected chi connectivity index (χ4v) is 3.66. The van der Waals surface area contributed by atoms with Crippen LogP contribution in [0.3, 0.4) is 0 Å². The Kier molecular flexibility index (Phi) is 9.26. The first-order valence-electron chi connectivity index (χ1n) is 11.4. The van der Waals surface area contributed by atoms with Gasteiger partial charge < -0.3 is 21.1 Å². The highest BCUT2D eigenvalue weighted by Gasteiger charge is 2.34. The number of halogens is 3. The monoisotopic (exact) mass is 513 g/mol. The first-order valence-corrected chi connectivity index (χ1v) is 11.4. The van der Waals surface area contributed by atoms with Crippen molar-refractivity contribution in [3.8, 4) is 0 Å². The molecular weight excluding hydrogens is 487 g/mol. The Morgan fingerprint density at radius 3 is 1.92 bits per heavy atom. The molecule has 0 aliphatic heterocycles. The number of hydrogen-bond acceptors (Lipinski definition) is 4. The summed E-state index contributed by atoms with van der Waals surface area (Å²) < 4.78 is 45.4. The molecule has 0 saturated heterocycles. The van der Waals surface area contributed by atoms with Gasteiger partial charge in [-0.05, 0) is 22.8 Å². The summed E-state index contributed by atoms with van der Waals surface area (Å²) in [5, 5.41) is 4.87. The van der Waals surface area contributed by atoms with Crippen molar-refractivity contribution in [3.63, 3.8) is 0 Å². The third-order valence-corrected chi connectivity index (χ3v) is 5.51. The molecule has 2 atom stereocenters. The van der Waals surface area contributed by atoms with Crippen molar-refractivity contribution in [2.75, 3.05) is 0 Å². The van der Waals surface area contributed by atoms with E-state index in [1.807, 2.05) is 6.07 Å². The van der Waals surface area contributed by atoms with Crippen molar-refractivity contribution < 1.29 is 32.3 Å². The van der Waals surface area contributed by atoms with Crippen LogP contribution in [0.15, 0.2) is 84.9 Å². The van der Waals surface area contributed by atoms with Gasteiger partial charge in [0.25, 0.3) is 0 Å². The molecule has 7 nitrogen and oxygen atoms in total. The molecule has 0 unspecified atom stereocenters. The summed E-state index contributed by atoms with van der Waals surface area (Å²) in [6.07, 6.45) is -5.97. The molecule has 0 fully saturated rings. The Labute approximate surface area is 211 Å². The van der Waals surface area contributed by atoms with Gasteiger partial charge in [0.2, 0.25) is 11.8 Å². The molecule has 0 aliphatic carbocycles. The third-order valence-electron chi connectivity index (χ3n) is 5.51. The highest BCUT2D eigenvalue weighted by molar-refractivity contribution is 5.91. The van der Waals surface area contributed by atoms with Crippen LogP contribution in [0.25, 0.3) is 0 Å². The zero-order chi connectivity index (χ0) is 26.8. The lowest BCUT2D eigenvalue weighted by Crippen LogP contribution is -2.54. The average Bonchev–Trinajstić information content (AvgIpc) is 2.87. The molecule has 0 bridgehead atoms. The zero-order valence-corrected chi connectivity index (χ0v) is 19.7. The standard InChI is InChI=1S/C27H26F3N3O4/c28-27(29,30)21-14-8-7-13-20(21)16-22(24(31)34)32-25(35)23(15-18-9-3-1-4-10-18)33-26(36)37-17-19-11-5-2-6-12-19/h1-14,22-23H,15-17H2,(H2,31,34)(H,32,35)(H,33,36)/t22-,23-/m1/s1. The molecule has 0 saturated carbocycles. The number of rotatable bonds is 10. The molecule has 194 valence electrons. The van der Waals surface area contributed by atoms with Crippen molar-refractivity contribution in [2.45, 2.75) is 37.7 Å². The number of hydrogen-bond donors (Lipinski definition) is 3. The van der Waals surface area contributed by atoms with E-state index in [-0.39, 0.29) is 18.6 Å². The SMILES string of the molecule is NC(=O)[C@@H](Cc1ccccc1C(F)(F)F)NC(=O)[C@@H](Cc1ccccc1)NC(=O)OCc1ccccc1. The lowest BCUT2D eigenvalue weighted by atomic mass is 9.98. The van der Waals surface area contributed by atoms with Crippen molar-refractivity contribution in [2.24, 2.45) is 5.73 Å². The minimum Gasteiger partial charge on any atom is -0.445 e. The first kappa shape index (κ1) is 27.3. The van der Waals surface area contributed by atoms with Gasteiger partial charge in [-0.25, -0.2) is 4.79 Å². The minimum absolute atomic E-state index is 0.0372. The van der Waals surface area contributed by atoms with Crippen LogP contribution >= 0.6 is 0 Å². The summed E-state index contributed by atoms with van der Waals surface area (Å²) in [5.41, 5.74) is 5.71. The Morgan fingerprint density at radius 2 is 1.32 bits per heavy atom. The Hall–Kier alpha value is -4.34. The highest BCUT2D eigenvalue weighted by Crippen LogP contribution is 2.32. The van der Waals surface area contributed by atoms with E-state index in [1.54, 1.807) is 54.6 Å². The van der Waals surface area contributed by atoms with E-state index in [1.165, 1.54) is 18.2 Å². The molecular formula is C27H26F3N3O4. The third kappa shape index (κ3) is 8.38. The van der Waals surface area contributed by atoms with Crippen molar-refractivity contribution in [3.05, 3.63) is 107 Å². The van der Waals surface area contributed by atoms with E-state index in [9.17, 15) is 27.6 Å². The summed E-state index contributed by atoms with van der Waals surface area (Å²) >= 11 is 0. The lowest BCUT2D eigenvalue weighted by molar-refractivity contribution is -0.138. The first-order chi connectivity index (χ1) is 17.6. The van der Waals surface area contributed by atoms with Crippen LogP contribution in [-0.2, 0) is 40.0 Å². The van der Waals surface area contributed by atoms with E-state index >= 15 is 0 Å². The molecule has 0 aromatic heterocycles. The van der Waals surface area contributed by atoms with Crippen LogP contribution < -0.4 is 16.4 Å². The van der Waals surface area contributed by atoms with Crippen LogP contribution in [0.4, 0.5) is 18.0 Å². The van der Waals surface area contributed by atoms with Gasteiger partial charge in [-0.1, -0.05) is 78.9 Å². The largest absolute Gasteiger partial charge is 0.445 e. The number of amides is 3. The second kappa shape index (κ2) is 12.6. The number of nitrogens with one attached hydrogen (secondary N) is 2. The predicted molar refractivity (Wildman–Crippen MR) is 130 cm³/mol. The molecule has 0 radical (unpaired) electrons. The fourth-order valence-electron chi connectivity index (χ4n) is 3.66. The van der Waals surface area contributed by atoms with Gasteiger partial charge in [-0.2, -0.15) is 13.2 Å². The maximum absolute atomic E-state index is 13.4. The van der Waals surface area contributed by atoms with E-state index in [0.29, 0.717) is 5.56 Å². The van der Waals surface area contributed by atoms with Gasteiger partial charge in [0.05, 0.1) is 5.56 Å². The zero-order valence-electron chi connectivity index (χ0n) is 19.7. The second-order valence-electron chi connectivity index (χ2n) is 8.27. The number of carbonyl (C=O) groups excluding carboxylic acids is 3. The van der Waals surface area contributed by atoms with E-state index < -0.39 is 48.2 Å².